The third kappa shape index (κ3) is 5.54. The van der Waals surface area contributed by atoms with Gasteiger partial charge in [0, 0.05) is 5.69 Å². The van der Waals surface area contributed by atoms with E-state index in [9.17, 15) is 4.79 Å². The molecule has 0 unspecified atom stereocenters. The van der Waals surface area contributed by atoms with Crippen LogP contribution in [0.25, 0.3) is 6.08 Å². The second-order valence-corrected chi connectivity index (χ2v) is 9.44. The van der Waals surface area contributed by atoms with Crippen LogP contribution in [0, 0.1) is 0 Å². The maximum Gasteiger partial charge on any atom is 0.260 e. The van der Waals surface area contributed by atoms with Crippen molar-refractivity contribution in [3.05, 3.63) is 82.3 Å². The lowest BCUT2D eigenvalue weighted by Crippen LogP contribution is -2.30. The summed E-state index contributed by atoms with van der Waals surface area (Å²) in [5, 5.41) is 6.33. The minimum atomic E-state index is -0.230. The minimum absolute atomic E-state index is 0.108. The molecule has 0 bridgehead atoms. The van der Waals surface area contributed by atoms with Gasteiger partial charge in [-0.25, -0.2) is 0 Å². The molecule has 3 aromatic rings. The smallest absolute Gasteiger partial charge is 0.260 e. The lowest BCUT2D eigenvalue weighted by molar-refractivity contribution is -0.116. The van der Waals surface area contributed by atoms with Gasteiger partial charge in [-0.05, 0) is 72.5 Å². The van der Waals surface area contributed by atoms with Crippen LogP contribution in [0.5, 0.6) is 23.0 Å². The number of nitrogens with one attached hydrogen (secondary N) is 2. The molecule has 5 rings (SSSR count). The van der Waals surface area contributed by atoms with Gasteiger partial charge in [0.2, 0.25) is 6.79 Å². The van der Waals surface area contributed by atoms with E-state index < -0.39 is 0 Å². The Labute approximate surface area is 214 Å². The van der Waals surface area contributed by atoms with Crippen LogP contribution in [0.2, 0.25) is 0 Å². The van der Waals surface area contributed by atoms with Crippen molar-refractivity contribution in [1.29, 1.82) is 0 Å². The Morgan fingerprint density at radius 2 is 1.78 bits per heavy atom. The van der Waals surface area contributed by atoms with Crippen LogP contribution in [-0.4, -0.2) is 24.8 Å². The minimum Gasteiger partial charge on any atom is -0.490 e. The topological polar surface area (TPSA) is 78.1 Å². The van der Waals surface area contributed by atoms with Crippen molar-refractivity contribution in [2.75, 3.05) is 18.7 Å². The first-order valence-corrected chi connectivity index (χ1v) is 12.8. The molecule has 0 spiro atoms. The number of rotatable bonds is 9. The van der Waals surface area contributed by atoms with Crippen LogP contribution >= 0.6 is 11.8 Å². The molecule has 1 atom stereocenters. The summed E-state index contributed by atoms with van der Waals surface area (Å²) in [4.78, 5) is 13.2. The molecule has 7 nitrogen and oxygen atoms in total. The van der Waals surface area contributed by atoms with E-state index in [1.807, 2.05) is 61.5 Å². The molecule has 0 saturated carbocycles. The summed E-state index contributed by atoms with van der Waals surface area (Å²) >= 11 is 1.45. The SMILES string of the molecule is CCOc1cc(/C=C2\S[C@H](Nc3ccc(CC)cc3)NC2=O)ccc1OCc1ccc2c(c1)OCO2. The summed E-state index contributed by atoms with van der Waals surface area (Å²) in [7, 11) is 0. The number of amides is 1. The first-order chi connectivity index (χ1) is 17.6. The van der Waals surface area contributed by atoms with E-state index in [0.29, 0.717) is 29.6 Å². The molecule has 2 aliphatic heterocycles. The van der Waals surface area contributed by atoms with E-state index in [1.54, 1.807) is 0 Å². The Balaban J connectivity index is 1.26. The van der Waals surface area contributed by atoms with Crippen LogP contribution < -0.4 is 29.6 Å². The van der Waals surface area contributed by atoms with Crippen molar-refractivity contribution in [2.45, 2.75) is 32.4 Å². The molecule has 2 aliphatic rings. The van der Waals surface area contributed by atoms with Gasteiger partial charge < -0.3 is 29.6 Å². The van der Waals surface area contributed by atoms with Crippen molar-refractivity contribution in [1.82, 2.24) is 5.32 Å². The molecular weight excluding hydrogens is 476 g/mol. The maximum atomic E-state index is 12.6. The fraction of sp³-hybridized carbons (Fsp3) is 0.250. The van der Waals surface area contributed by atoms with Crippen molar-refractivity contribution >= 4 is 29.4 Å². The van der Waals surface area contributed by atoms with E-state index in [1.165, 1.54) is 17.3 Å². The Hall–Kier alpha value is -3.78. The Morgan fingerprint density at radius 1 is 0.972 bits per heavy atom. The summed E-state index contributed by atoms with van der Waals surface area (Å²) in [6.45, 7) is 5.16. The van der Waals surface area contributed by atoms with Gasteiger partial charge >= 0.3 is 0 Å². The number of aryl methyl sites for hydroxylation is 1. The van der Waals surface area contributed by atoms with Crippen molar-refractivity contribution in [2.24, 2.45) is 0 Å². The van der Waals surface area contributed by atoms with E-state index in [-0.39, 0.29) is 18.2 Å². The fourth-order valence-electron chi connectivity index (χ4n) is 3.90. The zero-order valence-electron chi connectivity index (χ0n) is 20.2. The second kappa shape index (κ2) is 10.9. The lowest BCUT2D eigenvalue weighted by atomic mass is 10.1. The summed E-state index contributed by atoms with van der Waals surface area (Å²) < 4.78 is 22.7. The van der Waals surface area contributed by atoms with Crippen LogP contribution in [0.4, 0.5) is 5.69 Å². The van der Waals surface area contributed by atoms with Crippen LogP contribution in [0.1, 0.15) is 30.5 Å². The summed E-state index contributed by atoms with van der Waals surface area (Å²) in [6, 6.07) is 19.7. The first kappa shape index (κ1) is 23.9. The van der Waals surface area contributed by atoms with Gasteiger partial charge in [-0.15, -0.1) is 0 Å². The standard InChI is InChI=1S/C28H28N2O5S/c1-3-18-5-9-21(10-6-18)29-28-30-27(31)26(36-28)15-19-7-11-22(24(13-19)32-4-2)33-16-20-8-12-23-25(14-20)35-17-34-23/h5-15,28-29H,3-4,16-17H2,1-2H3,(H,30,31)/b26-15-/t28-/m1/s1. The lowest BCUT2D eigenvalue weighted by Gasteiger charge is -2.13. The van der Waals surface area contributed by atoms with Gasteiger partial charge in [-0.1, -0.05) is 43.0 Å². The highest BCUT2D eigenvalue weighted by Crippen LogP contribution is 2.35. The molecular formula is C28H28N2O5S. The molecule has 1 saturated heterocycles. The molecule has 186 valence electrons. The average Bonchev–Trinajstić information content (AvgIpc) is 3.50. The first-order valence-electron chi connectivity index (χ1n) is 11.9. The quantitative estimate of drug-likeness (QED) is 0.370. The summed E-state index contributed by atoms with van der Waals surface area (Å²) in [6.07, 6.45) is 2.86. The van der Waals surface area contributed by atoms with Gasteiger partial charge in [-0.2, -0.15) is 0 Å². The molecule has 8 heteroatoms. The number of carbonyl (C=O) groups is 1. The predicted molar refractivity (Wildman–Crippen MR) is 141 cm³/mol. The van der Waals surface area contributed by atoms with Gasteiger partial charge in [0.15, 0.2) is 28.5 Å². The molecule has 0 aromatic heterocycles. The number of anilines is 1. The number of carbonyl (C=O) groups excluding carboxylic acids is 1. The molecule has 0 radical (unpaired) electrons. The Bertz CT molecular complexity index is 1280. The van der Waals surface area contributed by atoms with Crippen molar-refractivity contribution in [3.8, 4) is 23.0 Å². The number of fused-ring (bicyclic) bond motifs is 1. The summed E-state index contributed by atoms with van der Waals surface area (Å²) in [5.41, 5.74) is 3.84. The Morgan fingerprint density at radius 3 is 2.58 bits per heavy atom. The van der Waals surface area contributed by atoms with Gasteiger partial charge in [0.05, 0.1) is 11.5 Å². The van der Waals surface area contributed by atoms with Crippen LogP contribution in [0.15, 0.2) is 65.6 Å². The number of hydrogen-bond donors (Lipinski definition) is 2. The molecule has 0 aliphatic carbocycles. The summed E-state index contributed by atoms with van der Waals surface area (Å²) in [5.74, 6) is 2.62. The van der Waals surface area contributed by atoms with E-state index in [2.05, 4.69) is 29.7 Å². The predicted octanol–water partition coefficient (Wildman–Crippen LogP) is 5.56. The van der Waals surface area contributed by atoms with Crippen LogP contribution in [0.3, 0.4) is 0 Å². The van der Waals surface area contributed by atoms with Crippen molar-refractivity contribution in [3.63, 3.8) is 0 Å². The molecule has 1 amide bonds. The number of hydrogen-bond acceptors (Lipinski definition) is 7. The van der Waals surface area contributed by atoms with Gasteiger partial charge in [0.25, 0.3) is 5.91 Å². The zero-order chi connectivity index (χ0) is 24.9. The highest BCUT2D eigenvalue weighted by atomic mass is 32.2. The number of benzene rings is 3. The number of thioether (sulfide) groups is 1. The molecule has 2 heterocycles. The highest BCUT2D eigenvalue weighted by molar-refractivity contribution is 8.05. The molecule has 1 fully saturated rings. The van der Waals surface area contributed by atoms with E-state index in [4.69, 9.17) is 18.9 Å². The average molecular weight is 505 g/mol. The fourth-order valence-corrected chi connectivity index (χ4v) is 4.88. The number of ether oxygens (including phenoxy) is 4. The van der Waals surface area contributed by atoms with Crippen LogP contribution in [-0.2, 0) is 17.8 Å². The molecule has 36 heavy (non-hydrogen) atoms. The normalized spacial score (nSPS) is 17.2. The third-order valence-corrected chi connectivity index (χ3v) is 6.82. The monoisotopic (exact) mass is 504 g/mol. The second-order valence-electron chi connectivity index (χ2n) is 8.29. The zero-order valence-corrected chi connectivity index (χ0v) is 21.0. The van der Waals surface area contributed by atoms with Gasteiger partial charge in [0.1, 0.15) is 6.61 Å². The molecule has 2 N–H and O–H groups in total. The third-order valence-electron chi connectivity index (χ3n) is 5.79. The van der Waals surface area contributed by atoms with Gasteiger partial charge in [-0.3, -0.25) is 4.79 Å². The largest absolute Gasteiger partial charge is 0.490 e. The van der Waals surface area contributed by atoms with E-state index >= 15 is 0 Å². The van der Waals surface area contributed by atoms with Crippen molar-refractivity contribution < 1.29 is 23.7 Å². The maximum absolute atomic E-state index is 12.6. The highest BCUT2D eigenvalue weighted by Gasteiger charge is 2.27. The molecule has 3 aromatic carbocycles. The van der Waals surface area contributed by atoms with E-state index in [0.717, 1.165) is 34.7 Å². The Kier molecular flexibility index (Phi) is 7.23.